The first-order valence-corrected chi connectivity index (χ1v) is 6.79. The van der Waals surface area contributed by atoms with Crippen LogP contribution in [-0.2, 0) is 14.3 Å². The van der Waals surface area contributed by atoms with Crippen molar-refractivity contribution < 1.29 is 14.3 Å². The van der Waals surface area contributed by atoms with Gasteiger partial charge in [-0.2, -0.15) is 0 Å². The molecule has 0 aromatic heterocycles. The maximum atomic E-state index is 11.7. The smallest absolute Gasteiger partial charge is 0.133 e. The zero-order valence-electron chi connectivity index (χ0n) is 11.9. The van der Waals surface area contributed by atoms with Gasteiger partial charge in [0.05, 0.1) is 24.4 Å². The number of carbonyl (C=O) groups is 1. The monoisotopic (exact) mass is 252 g/mol. The van der Waals surface area contributed by atoms with Gasteiger partial charge >= 0.3 is 0 Å². The van der Waals surface area contributed by atoms with Crippen LogP contribution < -0.4 is 0 Å². The maximum Gasteiger partial charge on any atom is 0.133 e. The summed E-state index contributed by atoms with van der Waals surface area (Å²) in [5.74, 6) is 0.539. The topological polar surface area (TPSA) is 38.8 Å². The van der Waals surface area contributed by atoms with Gasteiger partial charge in [-0.15, -0.1) is 0 Å². The second-order valence-corrected chi connectivity index (χ2v) is 6.34. The SMILES string of the molecule is CC(C)=CCOC(C)(C)C1CC(=O)CCC12CO2. The van der Waals surface area contributed by atoms with Crippen molar-refractivity contribution in [3.8, 4) is 0 Å². The van der Waals surface area contributed by atoms with E-state index in [-0.39, 0.29) is 17.1 Å². The van der Waals surface area contributed by atoms with E-state index in [0.717, 1.165) is 13.0 Å². The van der Waals surface area contributed by atoms with Gasteiger partial charge in [0.15, 0.2) is 0 Å². The molecular formula is C15H24O3. The van der Waals surface area contributed by atoms with Crippen molar-refractivity contribution in [2.24, 2.45) is 5.92 Å². The number of Topliss-reactive ketones (excluding diaryl/α,β-unsaturated/α-hetero) is 1. The van der Waals surface area contributed by atoms with Gasteiger partial charge in [-0.1, -0.05) is 11.6 Å². The molecule has 2 atom stereocenters. The number of ether oxygens (including phenoxy) is 2. The minimum absolute atomic E-state index is 0.0671. The third-order valence-electron chi connectivity index (χ3n) is 4.20. The van der Waals surface area contributed by atoms with Gasteiger partial charge in [0.1, 0.15) is 5.78 Å². The number of hydrogen-bond acceptors (Lipinski definition) is 3. The Morgan fingerprint density at radius 3 is 2.78 bits per heavy atom. The first-order chi connectivity index (χ1) is 8.36. The van der Waals surface area contributed by atoms with Crippen LogP contribution in [0.1, 0.15) is 47.0 Å². The molecule has 2 aliphatic rings. The van der Waals surface area contributed by atoms with E-state index >= 15 is 0 Å². The van der Waals surface area contributed by atoms with Gasteiger partial charge in [0.25, 0.3) is 0 Å². The molecule has 1 aliphatic heterocycles. The lowest BCUT2D eigenvalue weighted by atomic mass is 9.70. The highest BCUT2D eigenvalue weighted by Crippen LogP contribution is 2.50. The molecule has 102 valence electrons. The van der Waals surface area contributed by atoms with Gasteiger partial charge in [0.2, 0.25) is 0 Å². The summed E-state index contributed by atoms with van der Waals surface area (Å²) in [6, 6.07) is 0. The first kappa shape index (κ1) is 13.8. The molecule has 1 aliphatic carbocycles. The van der Waals surface area contributed by atoms with Crippen LogP contribution in [0.4, 0.5) is 0 Å². The van der Waals surface area contributed by atoms with Crippen LogP contribution in [0.2, 0.25) is 0 Å². The third kappa shape index (κ3) is 2.83. The summed E-state index contributed by atoms with van der Waals surface area (Å²) in [6.45, 7) is 9.69. The van der Waals surface area contributed by atoms with Crippen LogP contribution in [0.25, 0.3) is 0 Å². The Kier molecular flexibility index (Phi) is 3.65. The lowest BCUT2D eigenvalue weighted by Gasteiger charge is -2.40. The van der Waals surface area contributed by atoms with Gasteiger partial charge in [0, 0.05) is 18.8 Å². The van der Waals surface area contributed by atoms with Gasteiger partial charge in [-0.05, 0) is 34.1 Å². The van der Waals surface area contributed by atoms with Crippen molar-refractivity contribution in [3.05, 3.63) is 11.6 Å². The first-order valence-electron chi connectivity index (χ1n) is 6.79. The summed E-state index contributed by atoms with van der Waals surface area (Å²) in [7, 11) is 0. The minimum Gasteiger partial charge on any atom is -0.371 e. The molecule has 1 spiro atoms. The second kappa shape index (κ2) is 4.78. The minimum atomic E-state index is -0.307. The van der Waals surface area contributed by atoms with Crippen molar-refractivity contribution >= 4 is 5.78 Å². The van der Waals surface area contributed by atoms with Crippen LogP contribution in [0.3, 0.4) is 0 Å². The molecule has 2 unspecified atom stereocenters. The molecule has 2 fully saturated rings. The van der Waals surface area contributed by atoms with E-state index < -0.39 is 0 Å². The fourth-order valence-corrected chi connectivity index (χ4v) is 2.88. The van der Waals surface area contributed by atoms with Gasteiger partial charge in [-0.3, -0.25) is 4.79 Å². The maximum absolute atomic E-state index is 11.7. The summed E-state index contributed by atoms with van der Waals surface area (Å²) in [4.78, 5) is 11.7. The summed E-state index contributed by atoms with van der Waals surface area (Å²) in [6.07, 6.45) is 4.21. The fourth-order valence-electron chi connectivity index (χ4n) is 2.88. The summed E-state index contributed by atoms with van der Waals surface area (Å²) < 4.78 is 11.7. The Morgan fingerprint density at radius 2 is 2.22 bits per heavy atom. The number of rotatable bonds is 4. The average Bonchev–Trinajstić information content (AvgIpc) is 3.02. The molecular weight excluding hydrogens is 228 g/mol. The van der Waals surface area contributed by atoms with Crippen LogP contribution >= 0.6 is 0 Å². The van der Waals surface area contributed by atoms with E-state index in [1.807, 2.05) is 0 Å². The quantitative estimate of drug-likeness (QED) is 0.570. The Hall–Kier alpha value is -0.670. The highest BCUT2D eigenvalue weighted by molar-refractivity contribution is 5.80. The van der Waals surface area contributed by atoms with Crippen molar-refractivity contribution in [2.45, 2.75) is 58.2 Å². The molecule has 1 heterocycles. The predicted molar refractivity (Wildman–Crippen MR) is 70.5 cm³/mol. The highest BCUT2D eigenvalue weighted by Gasteiger charge is 2.59. The zero-order valence-corrected chi connectivity index (χ0v) is 11.9. The summed E-state index contributed by atoms with van der Waals surface area (Å²) >= 11 is 0. The van der Waals surface area contributed by atoms with E-state index in [9.17, 15) is 4.79 Å². The zero-order chi connectivity index (χ0) is 13.4. The molecule has 0 aromatic rings. The number of ketones is 1. The number of hydrogen-bond donors (Lipinski definition) is 0. The molecule has 1 saturated heterocycles. The number of carbonyl (C=O) groups excluding carboxylic acids is 1. The Balaban J connectivity index is 2.02. The molecule has 0 aromatic carbocycles. The molecule has 3 nitrogen and oxygen atoms in total. The molecule has 18 heavy (non-hydrogen) atoms. The third-order valence-corrected chi connectivity index (χ3v) is 4.20. The number of allylic oxidation sites excluding steroid dienone is 1. The average molecular weight is 252 g/mol. The van der Waals surface area contributed by atoms with Crippen LogP contribution in [0.15, 0.2) is 11.6 Å². The largest absolute Gasteiger partial charge is 0.371 e. The predicted octanol–water partition coefficient (Wildman–Crippen LogP) is 2.89. The molecule has 0 N–H and O–H groups in total. The van der Waals surface area contributed by atoms with Gasteiger partial charge in [-0.25, -0.2) is 0 Å². The molecule has 0 bridgehead atoms. The van der Waals surface area contributed by atoms with Crippen molar-refractivity contribution in [1.29, 1.82) is 0 Å². The molecule has 3 heteroatoms. The van der Waals surface area contributed by atoms with E-state index in [1.165, 1.54) is 5.57 Å². The van der Waals surface area contributed by atoms with Crippen LogP contribution in [-0.4, -0.2) is 30.2 Å². The van der Waals surface area contributed by atoms with Crippen molar-refractivity contribution in [2.75, 3.05) is 13.2 Å². The van der Waals surface area contributed by atoms with Crippen molar-refractivity contribution in [3.63, 3.8) is 0 Å². The van der Waals surface area contributed by atoms with Crippen molar-refractivity contribution in [1.82, 2.24) is 0 Å². The van der Waals surface area contributed by atoms with E-state index in [4.69, 9.17) is 9.47 Å². The van der Waals surface area contributed by atoms with Gasteiger partial charge < -0.3 is 9.47 Å². The Labute approximate surface area is 110 Å². The molecule has 2 rings (SSSR count). The summed E-state index contributed by atoms with van der Waals surface area (Å²) in [5.41, 5.74) is 0.879. The van der Waals surface area contributed by atoms with E-state index in [2.05, 4.69) is 33.8 Å². The Bertz CT molecular complexity index is 360. The Morgan fingerprint density at radius 1 is 1.56 bits per heavy atom. The highest BCUT2D eigenvalue weighted by atomic mass is 16.6. The van der Waals surface area contributed by atoms with E-state index in [1.54, 1.807) is 0 Å². The molecule has 0 amide bonds. The fraction of sp³-hybridized carbons (Fsp3) is 0.800. The van der Waals surface area contributed by atoms with Crippen LogP contribution in [0.5, 0.6) is 0 Å². The standard InChI is InChI=1S/C15H24O3/c1-11(2)6-8-17-14(3,4)13-9-12(16)5-7-15(13)10-18-15/h6,13H,5,7-10H2,1-4H3. The molecule has 1 saturated carbocycles. The van der Waals surface area contributed by atoms with E-state index in [0.29, 0.717) is 25.2 Å². The van der Waals surface area contributed by atoms with Crippen LogP contribution in [0, 0.1) is 5.92 Å². The second-order valence-electron chi connectivity index (χ2n) is 6.34. The normalized spacial score (nSPS) is 31.6. The number of epoxide rings is 1. The lowest BCUT2D eigenvalue weighted by molar-refractivity contribution is -0.132. The lowest BCUT2D eigenvalue weighted by Crippen LogP contribution is -2.47. The molecule has 0 radical (unpaired) electrons. The summed E-state index contributed by atoms with van der Waals surface area (Å²) in [5, 5.41) is 0.